The fourth-order valence-electron chi connectivity index (χ4n) is 2.64. The van der Waals surface area contributed by atoms with Crippen LogP contribution >= 0.6 is 0 Å². The van der Waals surface area contributed by atoms with Crippen LogP contribution in [0.2, 0.25) is 0 Å². The monoisotopic (exact) mass is 202 g/mol. The third-order valence-electron chi connectivity index (χ3n) is 3.77. The van der Waals surface area contributed by atoms with Gasteiger partial charge in [-0.25, -0.2) is 0 Å². The Hall–Kier alpha value is -0.820. The van der Waals surface area contributed by atoms with E-state index in [4.69, 9.17) is 0 Å². The minimum absolute atomic E-state index is 0.0931. The second-order valence-electron chi connectivity index (χ2n) is 5.07. The highest BCUT2D eigenvalue weighted by Gasteiger charge is 2.29. The SMILES string of the molecule is OC(Cc1ccc2c(c1)CCC2)C1CC1. The van der Waals surface area contributed by atoms with E-state index in [2.05, 4.69) is 18.2 Å². The molecule has 1 saturated carbocycles. The van der Waals surface area contributed by atoms with Gasteiger partial charge in [0.1, 0.15) is 0 Å². The zero-order chi connectivity index (χ0) is 10.3. The number of aryl methyl sites for hydroxylation is 2. The molecule has 1 N–H and O–H groups in total. The first kappa shape index (κ1) is 9.41. The van der Waals surface area contributed by atoms with E-state index in [0.29, 0.717) is 5.92 Å². The lowest BCUT2D eigenvalue weighted by Crippen LogP contribution is -2.12. The van der Waals surface area contributed by atoms with Gasteiger partial charge < -0.3 is 5.11 Å². The smallest absolute Gasteiger partial charge is 0.0608 e. The van der Waals surface area contributed by atoms with E-state index in [1.807, 2.05) is 0 Å². The molecule has 0 aliphatic heterocycles. The molecule has 80 valence electrons. The fourth-order valence-corrected chi connectivity index (χ4v) is 2.64. The predicted octanol–water partition coefficient (Wildman–Crippen LogP) is 2.49. The first-order valence-electron chi connectivity index (χ1n) is 6.11. The van der Waals surface area contributed by atoms with Crippen molar-refractivity contribution in [3.63, 3.8) is 0 Å². The van der Waals surface area contributed by atoms with E-state index in [9.17, 15) is 5.11 Å². The highest BCUT2D eigenvalue weighted by Crippen LogP contribution is 2.34. The molecule has 1 unspecified atom stereocenters. The molecule has 1 nitrogen and oxygen atoms in total. The summed E-state index contributed by atoms with van der Waals surface area (Å²) in [5.41, 5.74) is 4.38. The van der Waals surface area contributed by atoms with E-state index < -0.39 is 0 Å². The van der Waals surface area contributed by atoms with Gasteiger partial charge in [0.15, 0.2) is 0 Å². The largest absolute Gasteiger partial charge is 0.392 e. The summed E-state index contributed by atoms with van der Waals surface area (Å²) >= 11 is 0. The van der Waals surface area contributed by atoms with E-state index >= 15 is 0 Å². The third-order valence-corrected chi connectivity index (χ3v) is 3.77. The van der Waals surface area contributed by atoms with Crippen molar-refractivity contribution < 1.29 is 5.11 Å². The molecule has 1 fully saturated rings. The number of aliphatic hydroxyl groups excluding tert-OH is 1. The van der Waals surface area contributed by atoms with Crippen LogP contribution in [-0.2, 0) is 19.3 Å². The lowest BCUT2D eigenvalue weighted by atomic mass is 10.0. The number of fused-ring (bicyclic) bond motifs is 1. The molecule has 15 heavy (non-hydrogen) atoms. The molecule has 1 atom stereocenters. The molecule has 1 aromatic carbocycles. The van der Waals surface area contributed by atoms with Gasteiger partial charge in [-0.2, -0.15) is 0 Å². The average Bonchev–Trinajstić information content (AvgIpc) is 2.98. The van der Waals surface area contributed by atoms with Gasteiger partial charge >= 0.3 is 0 Å². The number of hydrogen-bond acceptors (Lipinski definition) is 1. The van der Waals surface area contributed by atoms with Crippen molar-refractivity contribution in [2.75, 3.05) is 0 Å². The lowest BCUT2D eigenvalue weighted by Gasteiger charge is -2.10. The van der Waals surface area contributed by atoms with Gasteiger partial charge in [-0.3, -0.25) is 0 Å². The van der Waals surface area contributed by atoms with Crippen molar-refractivity contribution in [2.45, 2.75) is 44.6 Å². The highest BCUT2D eigenvalue weighted by molar-refractivity contribution is 5.35. The zero-order valence-electron chi connectivity index (χ0n) is 9.08. The van der Waals surface area contributed by atoms with Crippen LogP contribution in [0.3, 0.4) is 0 Å². The standard InChI is InChI=1S/C14H18O/c15-14(12-6-7-12)9-10-4-5-11-2-1-3-13(11)8-10/h4-5,8,12,14-15H,1-3,6-7,9H2. The molecule has 0 saturated heterocycles. The minimum Gasteiger partial charge on any atom is -0.392 e. The van der Waals surface area contributed by atoms with Gasteiger partial charge in [-0.05, 0) is 61.1 Å². The molecule has 1 heteroatoms. The highest BCUT2D eigenvalue weighted by atomic mass is 16.3. The Bertz CT molecular complexity index is 366. The maximum atomic E-state index is 9.89. The molecular formula is C14H18O. The molecule has 2 aliphatic rings. The van der Waals surface area contributed by atoms with Crippen molar-refractivity contribution in [1.82, 2.24) is 0 Å². The average molecular weight is 202 g/mol. The van der Waals surface area contributed by atoms with Crippen LogP contribution in [0.25, 0.3) is 0 Å². The summed E-state index contributed by atoms with van der Waals surface area (Å²) in [6.07, 6.45) is 7.02. The maximum Gasteiger partial charge on any atom is 0.0608 e. The Labute approximate surface area is 91.1 Å². The summed E-state index contributed by atoms with van der Waals surface area (Å²) in [5.74, 6) is 0.596. The van der Waals surface area contributed by atoms with Gasteiger partial charge in [0.2, 0.25) is 0 Å². The number of aliphatic hydroxyl groups is 1. The molecule has 0 heterocycles. The van der Waals surface area contributed by atoms with Gasteiger partial charge in [-0.1, -0.05) is 18.2 Å². The number of benzene rings is 1. The quantitative estimate of drug-likeness (QED) is 0.798. The minimum atomic E-state index is -0.0931. The lowest BCUT2D eigenvalue weighted by molar-refractivity contribution is 0.151. The first-order chi connectivity index (χ1) is 7.33. The van der Waals surface area contributed by atoms with E-state index in [1.54, 1.807) is 0 Å². The fraction of sp³-hybridized carbons (Fsp3) is 0.571. The van der Waals surface area contributed by atoms with Crippen LogP contribution < -0.4 is 0 Å². The van der Waals surface area contributed by atoms with E-state index in [0.717, 1.165) is 6.42 Å². The molecule has 0 bridgehead atoms. The summed E-state index contributed by atoms with van der Waals surface area (Å²) in [6.45, 7) is 0. The van der Waals surface area contributed by atoms with Gasteiger partial charge in [-0.15, -0.1) is 0 Å². The summed E-state index contributed by atoms with van der Waals surface area (Å²) in [7, 11) is 0. The Balaban J connectivity index is 1.74. The van der Waals surface area contributed by atoms with Gasteiger partial charge in [0.25, 0.3) is 0 Å². The van der Waals surface area contributed by atoms with Gasteiger partial charge in [0.05, 0.1) is 6.10 Å². The normalized spacial score (nSPS) is 21.4. The zero-order valence-corrected chi connectivity index (χ0v) is 9.08. The Morgan fingerprint density at radius 3 is 2.80 bits per heavy atom. The molecule has 0 amide bonds. The van der Waals surface area contributed by atoms with E-state index in [-0.39, 0.29) is 6.10 Å². The van der Waals surface area contributed by atoms with Crippen molar-refractivity contribution in [3.8, 4) is 0 Å². The summed E-state index contributed by atoms with van der Waals surface area (Å²) in [4.78, 5) is 0. The van der Waals surface area contributed by atoms with Crippen LogP contribution in [0.4, 0.5) is 0 Å². The van der Waals surface area contributed by atoms with Crippen LogP contribution in [0.1, 0.15) is 36.0 Å². The first-order valence-corrected chi connectivity index (χ1v) is 6.11. The predicted molar refractivity (Wildman–Crippen MR) is 60.9 cm³/mol. The molecule has 0 radical (unpaired) electrons. The topological polar surface area (TPSA) is 20.2 Å². The van der Waals surface area contributed by atoms with Crippen LogP contribution in [0.15, 0.2) is 18.2 Å². The summed E-state index contributed by atoms with van der Waals surface area (Å²) < 4.78 is 0. The van der Waals surface area contributed by atoms with E-state index in [1.165, 1.54) is 48.8 Å². The van der Waals surface area contributed by atoms with Crippen LogP contribution in [0.5, 0.6) is 0 Å². The molecular weight excluding hydrogens is 184 g/mol. The molecule has 1 aromatic rings. The van der Waals surface area contributed by atoms with Gasteiger partial charge in [0, 0.05) is 0 Å². The Morgan fingerprint density at radius 2 is 2.00 bits per heavy atom. The second kappa shape index (κ2) is 3.64. The van der Waals surface area contributed by atoms with Crippen molar-refractivity contribution in [1.29, 1.82) is 0 Å². The van der Waals surface area contributed by atoms with Crippen LogP contribution in [0, 0.1) is 5.92 Å². The molecule has 3 rings (SSSR count). The number of hydrogen-bond donors (Lipinski definition) is 1. The van der Waals surface area contributed by atoms with Crippen molar-refractivity contribution >= 4 is 0 Å². The molecule has 2 aliphatic carbocycles. The number of rotatable bonds is 3. The third kappa shape index (κ3) is 1.93. The van der Waals surface area contributed by atoms with Crippen molar-refractivity contribution in [3.05, 3.63) is 34.9 Å². The Kier molecular flexibility index (Phi) is 2.28. The Morgan fingerprint density at radius 1 is 1.20 bits per heavy atom. The molecule has 0 aromatic heterocycles. The summed E-state index contributed by atoms with van der Waals surface area (Å²) in [5, 5.41) is 9.89. The van der Waals surface area contributed by atoms with Crippen LogP contribution in [-0.4, -0.2) is 11.2 Å². The van der Waals surface area contributed by atoms with Crippen molar-refractivity contribution in [2.24, 2.45) is 5.92 Å². The second-order valence-corrected chi connectivity index (χ2v) is 5.07. The summed E-state index contributed by atoms with van der Waals surface area (Å²) in [6, 6.07) is 6.78. The molecule has 0 spiro atoms. The maximum absolute atomic E-state index is 9.89.